The van der Waals surface area contributed by atoms with Gasteiger partial charge in [-0.3, -0.25) is 4.79 Å². The number of hydrogen-bond acceptors (Lipinski definition) is 2. The number of carbonyl (C=O) groups is 1. The first-order valence-electron chi connectivity index (χ1n) is 5.02. The van der Waals surface area contributed by atoms with E-state index in [-0.39, 0.29) is 5.91 Å². The van der Waals surface area contributed by atoms with E-state index in [9.17, 15) is 4.79 Å². The number of nitriles is 1. The molecule has 0 saturated heterocycles. The summed E-state index contributed by atoms with van der Waals surface area (Å²) in [6, 6.07) is 11.1. The molecule has 0 aromatic heterocycles. The molecule has 0 saturated carbocycles. The Balaban J connectivity index is 2.73. The van der Waals surface area contributed by atoms with Crippen LogP contribution in [0.5, 0.6) is 0 Å². The van der Waals surface area contributed by atoms with Gasteiger partial charge in [0.15, 0.2) is 0 Å². The maximum atomic E-state index is 11.6. The monoisotopic (exact) mass is 202 g/mol. The molecule has 1 aromatic carbocycles. The average Bonchev–Trinajstić information content (AvgIpc) is 2.29. The molecule has 0 spiro atoms. The minimum absolute atomic E-state index is 0.217. The molecule has 15 heavy (non-hydrogen) atoms. The number of rotatable bonds is 4. The normalized spacial score (nSPS) is 11.5. The van der Waals surface area contributed by atoms with Crippen LogP contribution in [0.4, 0.5) is 0 Å². The number of nitrogens with zero attached hydrogens (tertiary/aromatic N) is 1. The Morgan fingerprint density at radius 2 is 2.13 bits per heavy atom. The van der Waals surface area contributed by atoms with Crippen molar-refractivity contribution in [2.24, 2.45) is 0 Å². The lowest BCUT2D eigenvalue weighted by molar-refractivity contribution is -0.121. The standard InChI is InChI=1S/C12H14N2O/c1-2-8-14-12(15)11(9-13)10-6-4-3-5-7-10/h3-7,11H,2,8H2,1H3,(H,14,15). The van der Waals surface area contributed by atoms with E-state index in [1.807, 2.05) is 31.2 Å². The molecule has 0 aliphatic carbocycles. The van der Waals surface area contributed by atoms with Crippen molar-refractivity contribution in [1.82, 2.24) is 5.32 Å². The predicted molar refractivity (Wildman–Crippen MR) is 58.1 cm³/mol. The second kappa shape index (κ2) is 5.82. The lowest BCUT2D eigenvalue weighted by Gasteiger charge is -2.09. The third-order valence-electron chi connectivity index (χ3n) is 2.07. The summed E-state index contributed by atoms with van der Waals surface area (Å²) in [5.74, 6) is -0.914. The van der Waals surface area contributed by atoms with Crippen molar-refractivity contribution in [1.29, 1.82) is 5.26 Å². The van der Waals surface area contributed by atoms with Crippen LogP contribution in [0.3, 0.4) is 0 Å². The summed E-state index contributed by atoms with van der Waals surface area (Å²) in [6.45, 7) is 2.59. The van der Waals surface area contributed by atoms with E-state index in [4.69, 9.17) is 5.26 Å². The zero-order valence-corrected chi connectivity index (χ0v) is 8.73. The fourth-order valence-electron chi connectivity index (χ4n) is 1.28. The van der Waals surface area contributed by atoms with E-state index >= 15 is 0 Å². The Morgan fingerprint density at radius 3 is 2.67 bits per heavy atom. The van der Waals surface area contributed by atoms with Crippen LogP contribution < -0.4 is 5.32 Å². The summed E-state index contributed by atoms with van der Waals surface area (Å²) in [5, 5.41) is 11.7. The van der Waals surface area contributed by atoms with E-state index in [0.717, 1.165) is 12.0 Å². The van der Waals surface area contributed by atoms with Gasteiger partial charge in [0.25, 0.3) is 0 Å². The quantitative estimate of drug-likeness (QED) is 0.809. The van der Waals surface area contributed by atoms with Gasteiger partial charge >= 0.3 is 0 Å². The molecule has 0 bridgehead atoms. The maximum absolute atomic E-state index is 11.6. The first kappa shape index (κ1) is 11.3. The smallest absolute Gasteiger partial charge is 0.241 e. The minimum atomic E-state index is -0.697. The fourth-order valence-corrected chi connectivity index (χ4v) is 1.28. The molecule has 1 unspecified atom stereocenters. The van der Waals surface area contributed by atoms with E-state index in [2.05, 4.69) is 5.32 Å². The molecule has 3 nitrogen and oxygen atoms in total. The molecule has 0 heterocycles. The van der Waals surface area contributed by atoms with Crippen molar-refractivity contribution in [2.75, 3.05) is 6.54 Å². The molecular formula is C12H14N2O. The molecule has 0 fully saturated rings. The molecule has 1 rings (SSSR count). The van der Waals surface area contributed by atoms with Crippen LogP contribution in [0.2, 0.25) is 0 Å². The molecule has 78 valence electrons. The van der Waals surface area contributed by atoms with Crippen molar-refractivity contribution in [2.45, 2.75) is 19.3 Å². The number of carbonyl (C=O) groups excluding carboxylic acids is 1. The van der Waals surface area contributed by atoms with Gasteiger partial charge < -0.3 is 5.32 Å². The van der Waals surface area contributed by atoms with Gasteiger partial charge in [-0.25, -0.2) is 0 Å². The van der Waals surface area contributed by atoms with Gasteiger partial charge in [-0.2, -0.15) is 5.26 Å². The van der Waals surface area contributed by atoms with Gasteiger partial charge in [0.05, 0.1) is 6.07 Å². The van der Waals surface area contributed by atoms with E-state index in [0.29, 0.717) is 6.54 Å². The SMILES string of the molecule is CCCNC(=O)C(C#N)c1ccccc1. The summed E-state index contributed by atoms with van der Waals surface area (Å²) < 4.78 is 0. The topological polar surface area (TPSA) is 52.9 Å². The highest BCUT2D eigenvalue weighted by atomic mass is 16.1. The minimum Gasteiger partial charge on any atom is -0.355 e. The summed E-state index contributed by atoms with van der Waals surface area (Å²) in [6.07, 6.45) is 0.874. The number of hydrogen-bond donors (Lipinski definition) is 1. The highest BCUT2D eigenvalue weighted by Gasteiger charge is 2.18. The highest BCUT2D eigenvalue weighted by molar-refractivity contribution is 5.86. The summed E-state index contributed by atoms with van der Waals surface area (Å²) in [4.78, 5) is 11.6. The highest BCUT2D eigenvalue weighted by Crippen LogP contribution is 2.14. The fraction of sp³-hybridized carbons (Fsp3) is 0.333. The molecular weight excluding hydrogens is 188 g/mol. The van der Waals surface area contributed by atoms with Crippen molar-refractivity contribution < 1.29 is 4.79 Å². The first-order valence-corrected chi connectivity index (χ1v) is 5.02. The third kappa shape index (κ3) is 3.10. The number of amides is 1. The molecule has 0 aliphatic heterocycles. The van der Waals surface area contributed by atoms with Gasteiger partial charge in [-0.1, -0.05) is 37.3 Å². The van der Waals surface area contributed by atoms with Crippen molar-refractivity contribution >= 4 is 5.91 Å². The van der Waals surface area contributed by atoms with Crippen LogP contribution >= 0.6 is 0 Å². The van der Waals surface area contributed by atoms with Gasteiger partial charge in [-0.15, -0.1) is 0 Å². The molecule has 1 aromatic rings. The van der Waals surface area contributed by atoms with Crippen LogP contribution in [0.25, 0.3) is 0 Å². The molecule has 3 heteroatoms. The van der Waals surface area contributed by atoms with E-state index in [1.165, 1.54) is 0 Å². The van der Waals surface area contributed by atoms with E-state index < -0.39 is 5.92 Å². The molecule has 1 amide bonds. The van der Waals surface area contributed by atoms with Crippen LogP contribution in [-0.4, -0.2) is 12.5 Å². The van der Waals surface area contributed by atoms with Crippen LogP contribution in [0.15, 0.2) is 30.3 Å². The Labute approximate surface area is 89.7 Å². The summed E-state index contributed by atoms with van der Waals surface area (Å²) >= 11 is 0. The third-order valence-corrected chi connectivity index (χ3v) is 2.07. The van der Waals surface area contributed by atoms with Gasteiger partial charge in [0.1, 0.15) is 5.92 Å². The van der Waals surface area contributed by atoms with E-state index in [1.54, 1.807) is 12.1 Å². The Hall–Kier alpha value is -1.82. The van der Waals surface area contributed by atoms with Gasteiger partial charge in [0.2, 0.25) is 5.91 Å². The summed E-state index contributed by atoms with van der Waals surface area (Å²) in [7, 11) is 0. The Kier molecular flexibility index (Phi) is 4.36. The first-order chi connectivity index (χ1) is 7.29. The second-order valence-electron chi connectivity index (χ2n) is 3.26. The average molecular weight is 202 g/mol. The van der Waals surface area contributed by atoms with Crippen LogP contribution in [-0.2, 0) is 4.79 Å². The van der Waals surface area contributed by atoms with Crippen LogP contribution in [0, 0.1) is 11.3 Å². The number of nitrogens with one attached hydrogen (secondary N) is 1. The summed E-state index contributed by atoms with van der Waals surface area (Å²) in [5.41, 5.74) is 0.744. The molecule has 1 atom stereocenters. The molecule has 0 aliphatic rings. The zero-order valence-electron chi connectivity index (χ0n) is 8.73. The van der Waals surface area contributed by atoms with Crippen LogP contribution in [0.1, 0.15) is 24.8 Å². The maximum Gasteiger partial charge on any atom is 0.241 e. The van der Waals surface area contributed by atoms with Crippen molar-refractivity contribution in [3.63, 3.8) is 0 Å². The van der Waals surface area contributed by atoms with Gasteiger partial charge in [0, 0.05) is 6.54 Å². The molecule has 0 radical (unpaired) electrons. The predicted octanol–water partition coefficient (Wildman–Crippen LogP) is 1.82. The zero-order chi connectivity index (χ0) is 11.1. The number of benzene rings is 1. The Bertz CT molecular complexity index is 354. The largest absolute Gasteiger partial charge is 0.355 e. The Morgan fingerprint density at radius 1 is 1.47 bits per heavy atom. The molecule has 1 N–H and O–H groups in total. The lowest BCUT2D eigenvalue weighted by atomic mass is 10.00. The second-order valence-corrected chi connectivity index (χ2v) is 3.26. The van der Waals surface area contributed by atoms with Crippen molar-refractivity contribution in [3.05, 3.63) is 35.9 Å². The lowest BCUT2D eigenvalue weighted by Crippen LogP contribution is -2.29. The van der Waals surface area contributed by atoms with Crippen molar-refractivity contribution in [3.8, 4) is 6.07 Å². The van der Waals surface area contributed by atoms with Gasteiger partial charge in [-0.05, 0) is 12.0 Å².